The van der Waals surface area contributed by atoms with E-state index in [1.54, 1.807) is 35.2 Å². The molecule has 2 aromatic rings. The molecule has 2 atom stereocenters. The van der Waals surface area contributed by atoms with E-state index < -0.39 is 17.9 Å². The molecule has 1 saturated heterocycles. The Morgan fingerprint density at radius 1 is 1.06 bits per heavy atom. The number of alkyl halides is 3. The lowest BCUT2D eigenvalue weighted by molar-refractivity contribution is -0.274. The van der Waals surface area contributed by atoms with Crippen molar-refractivity contribution < 1.29 is 22.7 Å². The first-order chi connectivity index (χ1) is 14.3. The van der Waals surface area contributed by atoms with E-state index in [4.69, 9.17) is 11.6 Å². The van der Waals surface area contributed by atoms with Gasteiger partial charge in [-0.15, -0.1) is 13.2 Å². The SMILES string of the molecule is CC(C)[C@@H](C)N1C(=O)N(c2ccc(Cl)cc2)[C@H](c2cccc(OC(F)(F)F)c2)C1(C)C. The minimum atomic E-state index is -4.80. The molecule has 4 nitrogen and oxygen atoms in total. The van der Waals surface area contributed by atoms with Crippen LogP contribution in [0.3, 0.4) is 0 Å². The summed E-state index contributed by atoms with van der Waals surface area (Å²) in [5, 5.41) is 0.527. The maximum atomic E-state index is 13.7. The highest BCUT2D eigenvalue weighted by Crippen LogP contribution is 2.48. The van der Waals surface area contributed by atoms with E-state index in [0.29, 0.717) is 16.3 Å². The first kappa shape index (κ1) is 23.3. The number of halogens is 4. The number of rotatable bonds is 5. The molecule has 0 radical (unpaired) electrons. The van der Waals surface area contributed by atoms with Crippen LogP contribution in [0.4, 0.5) is 23.7 Å². The maximum absolute atomic E-state index is 13.7. The average molecular weight is 455 g/mol. The quantitative estimate of drug-likeness (QED) is 0.485. The van der Waals surface area contributed by atoms with Crippen molar-refractivity contribution in [1.82, 2.24) is 4.90 Å². The van der Waals surface area contributed by atoms with Gasteiger partial charge in [-0.25, -0.2) is 4.79 Å². The first-order valence-electron chi connectivity index (χ1n) is 10.1. The Bertz CT molecular complexity index is 945. The van der Waals surface area contributed by atoms with Gasteiger partial charge in [-0.05, 0) is 68.7 Å². The molecule has 31 heavy (non-hydrogen) atoms. The van der Waals surface area contributed by atoms with Crippen molar-refractivity contribution in [3.63, 3.8) is 0 Å². The highest BCUT2D eigenvalue weighted by molar-refractivity contribution is 6.30. The first-order valence-corrected chi connectivity index (χ1v) is 10.4. The summed E-state index contributed by atoms with van der Waals surface area (Å²) in [6, 6.07) is 11.8. The van der Waals surface area contributed by atoms with E-state index in [-0.39, 0.29) is 23.7 Å². The van der Waals surface area contributed by atoms with E-state index in [9.17, 15) is 18.0 Å². The third-order valence-corrected chi connectivity index (χ3v) is 6.10. The van der Waals surface area contributed by atoms with Crippen LogP contribution in [0.25, 0.3) is 0 Å². The van der Waals surface area contributed by atoms with Crippen LogP contribution in [0.2, 0.25) is 5.02 Å². The third-order valence-electron chi connectivity index (χ3n) is 5.84. The molecule has 1 heterocycles. The Labute approximate surface area is 185 Å². The number of nitrogens with zero attached hydrogens (tertiary/aromatic N) is 2. The molecule has 1 aliphatic rings. The van der Waals surface area contributed by atoms with E-state index in [1.807, 2.05) is 39.5 Å². The third kappa shape index (κ3) is 4.61. The lowest BCUT2D eigenvalue weighted by atomic mass is 9.86. The number of anilines is 1. The molecule has 168 valence electrons. The topological polar surface area (TPSA) is 32.8 Å². The molecule has 0 spiro atoms. The van der Waals surface area contributed by atoms with Crippen LogP contribution >= 0.6 is 11.6 Å². The fourth-order valence-electron chi connectivity index (χ4n) is 4.22. The Balaban J connectivity index is 2.15. The number of carbonyl (C=O) groups excluding carboxylic acids is 1. The van der Waals surface area contributed by atoms with Gasteiger partial charge in [-0.1, -0.05) is 37.6 Å². The summed E-state index contributed by atoms with van der Waals surface area (Å²) in [4.78, 5) is 17.1. The molecule has 1 fully saturated rings. The Morgan fingerprint density at radius 3 is 2.23 bits per heavy atom. The van der Waals surface area contributed by atoms with E-state index in [2.05, 4.69) is 4.74 Å². The van der Waals surface area contributed by atoms with E-state index in [0.717, 1.165) is 0 Å². The lowest BCUT2D eigenvalue weighted by Crippen LogP contribution is -2.50. The van der Waals surface area contributed by atoms with Crippen molar-refractivity contribution in [3.8, 4) is 5.75 Å². The Kier molecular flexibility index (Phi) is 6.20. The molecule has 1 aliphatic heterocycles. The van der Waals surface area contributed by atoms with Crippen molar-refractivity contribution in [2.75, 3.05) is 4.90 Å². The monoisotopic (exact) mass is 454 g/mol. The predicted octanol–water partition coefficient (Wildman–Crippen LogP) is 7.05. The predicted molar refractivity (Wildman–Crippen MR) is 115 cm³/mol. The fourth-order valence-corrected chi connectivity index (χ4v) is 4.34. The molecule has 3 rings (SSSR count). The molecular formula is C23H26ClF3N2O2. The normalized spacial score (nSPS) is 19.8. The Hall–Kier alpha value is -2.41. The van der Waals surface area contributed by atoms with Gasteiger partial charge in [0.1, 0.15) is 5.75 Å². The van der Waals surface area contributed by atoms with Crippen LogP contribution in [0, 0.1) is 5.92 Å². The molecule has 0 saturated carbocycles. The zero-order valence-electron chi connectivity index (χ0n) is 18.1. The van der Waals surface area contributed by atoms with Crippen LogP contribution in [-0.2, 0) is 0 Å². The molecule has 2 amide bonds. The van der Waals surface area contributed by atoms with Gasteiger partial charge >= 0.3 is 12.4 Å². The molecule has 0 N–H and O–H groups in total. The van der Waals surface area contributed by atoms with Gasteiger partial charge < -0.3 is 9.64 Å². The summed E-state index contributed by atoms with van der Waals surface area (Å²) in [5.41, 5.74) is 0.457. The van der Waals surface area contributed by atoms with Crippen LogP contribution in [0.5, 0.6) is 5.75 Å². The minimum Gasteiger partial charge on any atom is -0.406 e. The molecule has 8 heteroatoms. The van der Waals surface area contributed by atoms with Gasteiger partial charge in [-0.3, -0.25) is 4.90 Å². The summed E-state index contributed by atoms with van der Waals surface area (Å²) in [6.45, 7) is 9.91. The lowest BCUT2D eigenvalue weighted by Gasteiger charge is -2.40. The second kappa shape index (κ2) is 8.26. The molecule has 0 bridgehead atoms. The molecule has 0 aromatic heterocycles. The van der Waals surface area contributed by atoms with Gasteiger partial charge in [0.2, 0.25) is 0 Å². The summed E-state index contributed by atoms with van der Waals surface area (Å²) < 4.78 is 42.5. The van der Waals surface area contributed by atoms with Crippen molar-refractivity contribution in [2.24, 2.45) is 5.92 Å². The van der Waals surface area contributed by atoms with Gasteiger partial charge in [0.05, 0.1) is 11.6 Å². The van der Waals surface area contributed by atoms with Gasteiger partial charge in [0.25, 0.3) is 0 Å². The summed E-state index contributed by atoms with van der Waals surface area (Å²) in [5.74, 6) is -0.131. The molecule has 2 aromatic carbocycles. The number of benzene rings is 2. The van der Waals surface area contributed by atoms with Gasteiger partial charge in [0.15, 0.2) is 0 Å². The number of carbonyl (C=O) groups is 1. The highest BCUT2D eigenvalue weighted by atomic mass is 35.5. The largest absolute Gasteiger partial charge is 0.573 e. The second-order valence-corrected chi connectivity index (χ2v) is 9.10. The molecular weight excluding hydrogens is 429 g/mol. The smallest absolute Gasteiger partial charge is 0.406 e. The standard InChI is InChI=1S/C23H26ClF3N2O2/c1-14(2)15(3)29-21(30)28(18-11-9-17(24)10-12-18)20(22(29,4)5)16-7-6-8-19(13-16)31-23(25,26)27/h6-15,20H,1-5H3/t15-,20-/m1/s1. The highest BCUT2D eigenvalue weighted by Gasteiger charge is 2.54. The minimum absolute atomic E-state index is 0.0862. The molecule has 0 unspecified atom stereocenters. The van der Waals surface area contributed by atoms with Gasteiger partial charge in [0, 0.05) is 16.8 Å². The zero-order valence-corrected chi connectivity index (χ0v) is 18.8. The number of amides is 2. The van der Waals surface area contributed by atoms with Crippen LogP contribution in [0.1, 0.15) is 46.2 Å². The van der Waals surface area contributed by atoms with Gasteiger partial charge in [-0.2, -0.15) is 0 Å². The summed E-state index contributed by atoms with van der Waals surface area (Å²) in [6.07, 6.45) is -4.80. The van der Waals surface area contributed by atoms with Crippen LogP contribution in [0.15, 0.2) is 48.5 Å². The zero-order chi connectivity index (χ0) is 23.1. The Morgan fingerprint density at radius 2 is 1.68 bits per heavy atom. The molecule has 0 aliphatic carbocycles. The second-order valence-electron chi connectivity index (χ2n) is 8.66. The van der Waals surface area contributed by atoms with E-state index >= 15 is 0 Å². The van der Waals surface area contributed by atoms with Crippen molar-refractivity contribution >= 4 is 23.3 Å². The maximum Gasteiger partial charge on any atom is 0.573 e. The van der Waals surface area contributed by atoms with Crippen molar-refractivity contribution in [2.45, 2.75) is 58.6 Å². The average Bonchev–Trinajstić information content (AvgIpc) is 2.86. The number of hydrogen-bond donors (Lipinski definition) is 0. The van der Waals surface area contributed by atoms with Crippen molar-refractivity contribution in [1.29, 1.82) is 0 Å². The fraction of sp³-hybridized carbons (Fsp3) is 0.435. The van der Waals surface area contributed by atoms with E-state index in [1.165, 1.54) is 18.2 Å². The number of hydrogen-bond acceptors (Lipinski definition) is 2. The van der Waals surface area contributed by atoms with Crippen LogP contribution in [-0.4, -0.2) is 28.9 Å². The number of urea groups is 1. The summed E-state index contributed by atoms with van der Waals surface area (Å²) >= 11 is 6.03. The van der Waals surface area contributed by atoms with Crippen molar-refractivity contribution in [3.05, 3.63) is 59.1 Å². The summed E-state index contributed by atoms with van der Waals surface area (Å²) in [7, 11) is 0. The number of ether oxygens (including phenoxy) is 1. The van der Waals surface area contributed by atoms with Crippen LogP contribution < -0.4 is 9.64 Å².